The number of anilines is 1. The average Bonchev–Trinajstić information content (AvgIpc) is 2.92. The van der Waals surface area contributed by atoms with E-state index in [1.165, 1.54) is 25.7 Å². The molecule has 0 atom stereocenters. The number of carbonyl (C=O) groups excluding carboxylic acids is 1. The summed E-state index contributed by atoms with van der Waals surface area (Å²) in [6.07, 6.45) is 2.98. The van der Waals surface area contributed by atoms with Gasteiger partial charge in [-0.2, -0.15) is 4.98 Å². The molecule has 8 heteroatoms. The highest BCUT2D eigenvalue weighted by Gasteiger charge is 2.15. The number of hydrogen-bond donors (Lipinski definition) is 2. The van der Waals surface area contributed by atoms with Gasteiger partial charge in [-0.1, -0.05) is 5.16 Å². The molecule has 0 spiro atoms. The highest BCUT2D eigenvalue weighted by molar-refractivity contribution is 5.95. The van der Waals surface area contributed by atoms with Crippen molar-refractivity contribution < 1.29 is 13.7 Å². The summed E-state index contributed by atoms with van der Waals surface area (Å²) >= 11 is 0. The van der Waals surface area contributed by atoms with Crippen LogP contribution in [-0.4, -0.2) is 34.6 Å². The highest BCUT2D eigenvalue weighted by atomic mass is 19.1. The van der Waals surface area contributed by atoms with Gasteiger partial charge < -0.3 is 15.2 Å². The van der Waals surface area contributed by atoms with Crippen LogP contribution < -0.4 is 10.6 Å². The molecule has 7 nitrogen and oxygen atoms in total. The average molecular weight is 265 g/mol. The zero-order valence-electron chi connectivity index (χ0n) is 10.2. The van der Waals surface area contributed by atoms with Crippen LogP contribution >= 0.6 is 0 Å². The fourth-order valence-corrected chi connectivity index (χ4v) is 1.48. The van der Waals surface area contributed by atoms with Gasteiger partial charge in [0.05, 0.1) is 5.56 Å². The lowest BCUT2D eigenvalue weighted by atomic mass is 10.2. The van der Waals surface area contributed by atoms with Gasteiger partial charge in [-0.3, -0.25) is 4.79 Å². The van der Waals surface area contributed by atoms with Crippen LogP contribution in [0.2, 0.25) is 0 Å². The van der Waals surface area contributed by atoms with Crippen LogP contribution in [0.4, 0.5) is 10.2 Å². The molecule has 0 saturated heterocycles. The van der Waals surface area contributed by atoms with Crippen LogP contribution in [0.1, 0.15) is 16.2 Å². The first-order valence-electron chi connectivity index (χ1n) is 5.58. The van der Waals surface area contributed by atoms with E-state index in [9.17, 15) is 9.18 Å². The van der Waals surface area contributed by atoms with Crippen molar-refractivity contribution in [1.82, 2.24) is 20.4 Å². The van der Waals surface area contributed by atoms with Crippen LogP contribution in [0.5, 0.6) is 0 Å². The summed E-state index contributed by atoms with van der Waals surface area (Å²) < 4.78 is 18.4. The van der Waals surface area contributed by atoms with E-state index in [0.29, 0.717) is 12.2 Å². The first-order valence-corrected chi connectivity index (χ1v) is 5.58. The summed E-state index contributed by atoms with van der Waals surface area (Å²) in [5.41, 5.74) is -0.0625. The smallest absolute Gasteiger partial charge is 0.254 e. The van der Waals surface area contributed by atoms with Crippen molar-refractivity contribution in [1.29, 1.82) is 0 Å². The van der Waals surface area contributed by atoms with E-state index in [2.05, 4.69) is 30.3 Å². The molecule has 0 saturated carbocycles. The van der Waals surface area contributed by atoms with Gasteiger partial charge in [0.2, 0.25) is 6.39 Å². The quantitative estimate of drug-likeness (QED) is 0.823. The molecular weight excluding hydrogens is 253 g/mol. The first-order chi connectivity index (χ1) is 9.22. The van der Waals surface area contributed by atoms with Gasteiger partial charge >= 0.3 is 0 Å². The summed E-state index contributed by atoms with van der Waals surface area (Å²) in [5, 5.41) is 8.74. The predicted molar refractivity (Wildman–Crippen MR) is 64.1 cm³/mol. The number of aromatic nitrogens is 3. The monoisotopic (exact) mass is 265 g/mol. The highest BCUT2D eigenvalue weighted by Crippen LogP contribution is 2.13. The molecule has 2 N–H and O–H groups in total. The molecule has 0 fully saturated rings. The molecule has 2 rings (SSSR count). The summed E-state index contributed by atoms with van der Waals surface area (Å²) in [4.78, 5) is 19.4. The van der Waals surface area contributed by atoms with Crippen molar-refractivity contribution in [3.8, 4) is 0 Å². The molecule has 19 heavy (non-hydrogen) atoms. The maximum atomic E-state index is 13.8. The minimum absolute atomic E-state index is 0.0332. The van der Waals surface area contributed by atoms with Crippen molar-refractivity contribution in [3.63, 3.8) is 0 Å². The SMILES string of the molecule is CNc1nccc(C(=O)NCCc2ncon2)c1F. The standard InChI is InChI=1S/C11H12FN5O2/c1-13-10-9(12)7(2-4-14-10)11(18)15-5-3-8-16-6-19-17-8/h2,4,6H,3,5H2,1H3,(H,13,14)(H,15,18). The van der Waals surface area contributed by atoms with E-state index in [4.69, 9.17) is 0 Å². The van der Waals surface area contributed by atoms with Gasteiger partial charge in [-0.15, -0.1) is 0 Å². The molecule has 100 valence electrons. The van der Waals surface area contributed by atoms with Gasteiger partial charge in [0.15, 0.2) is 17.5 Å². The number of hydrogen-bond acceptors (Lipinski definition) is 6. The van der Waals surface area contributed by atoms with Crippen LogP contribution in [0, 0.1) is 5.82 Å². The topological polar surface area (TPSA) is 92.9 Å². The van der Waals surface area contributed by atoms with Crippen molar-refractivity contribution in [2.45, 2.75) is 6.42 Å². The summed E-state index contributed by atoms with van der Waals surface area (Å²) in [5.74, 6) is -0.681. The van der Waals surface area contributed by atoms with Crippen molar-refractivity contribution in [3.05, 3.63) is 35.9 Å². The molecule has 0 aliphatic rings. The third kappa shape index (κ3) is 3.03. The minimum Gasteiger partial charge on any atom is -0.371 e. The lowest BCUT2D eigenvalue weighted by Crippen LogP contribution is -2.27. The van der Waals surface area contributed by atoms with Crippen LogP contribution in [-0.2, 0) is 6.42 Å². The fourth-order valence-electron chi connectivity index (χ4n) is 1.48. The van der Waals surface area contributed by atoms with Crippen molar-refractivity contribution in [2.75, 3.05) is 18.9 Å². The third-order valence-corrected chi connectivity index (χ3v) is 2.41. The third-order valence-electron chi connectivity index (χ3n) is 2.41. The number of carbonyl (C=O) groups is 1. The second-order valence-electron chi connectivity index (χ2n) is 3.62. The molecule has 2 heterocycles. The second-order valence-corrected chi connectivity index (χ2v) is 3.62. The van der Waals surface area contributed by atoms with E-state index in [0.717, 1.165) is 0 Å². The Labute approximate surface area is 108 Å². The van der Waals surface area contributed by atoms with Crippen molar-refractivity contribution >= 4 is 11.7 Å². The van der Waals surface area contributed by atoms with Gasteiger partial charge in [0.1, 0.15) is 0 Å². The van der Waals surface area contributed by atoms with Gasteiger partial charge in [0.25, 0.3) is 5.91 Å². The van der Waals surface area contributed by atoms with E-state index < -0.39 is 11.7 Å². The number of nitrogens with zero attached hydrogens (tertiary/aromatic N) is 3. The summed E-state index contributed by atoms with van der Waals surface area (Å²) in [7, 11) is 1.53. The molecule has 0 aromatic carbocycles. The molecule has 0 aliphatic carbocycles. The zero-order valence-corrected chi connectivity index (χ0v) is 10.2. The lowest BCUT2D eigenvalue weighted by Gasteiger charge is -2.07. The molecular formula is C11H12FN5O2. The van der Waals surface area contributed by atoms with Crippen LogP contribution in [0.3, 0.4) is 0 Å². The van der Waals surface area contributed by atoms with Gasteiger partial charge in [-0.25, -0.2) is 9.37 Å². The van der Waals surface area contributed by atoms with E-state index in [-0.39, 0.29) is 17.9 Å². The van der Waals surface area contributed by atoms with E-state index >= 15 is 0 Å². The second kappa shape index (κ2) is 5.89. The Bertz CT molecular complexity index is 558. The number of pyridine rings is 1. The number of halogens is 1. The van der Waals surface area contributed by atoms with Gasteiger partial charge in [0, 0.05) is 26.2 Å². The molecule has 0 unspecified atom stereocenters. The normalized spacial score (nSPS) is 10.2. The Morgan fingerprint density at radius 3 is 3.00 bits per heavy atom. The maximum absolute atomic E-state index is 13.8. The predicted octanol–water partition coefficient (Wildman–Crippen LogP) is 0.618. The van der Waals surface area contributed by atoms with Crippen LogP contribution in [0.25, 0.3) is 0 Å². The Hall–Kier alpha value is -2.51. The molecule has 0 radical (unpaired) electrons. The lowest BCUT2D eigenvalue weighted by molar-refractivity contribution is 0.0950. The summed E-state index contributed by atoms with van der Waals surface area (Å²) in [6, 6.07) is 1.32. The Balaban J connectivity index is 1.96. The maximum Gasteiger partial charge on any atom is 0.254 e. The number of nitrogens with one attached hydrogen (secondary N) is 2. The van der Waals surface area contributed by atoms with Crippen LogP contribution in [0.15, 0.2) is 23.2 Å². The largest absolute Gasteiger partial charge is 0.371 e. The minimum atomic E-state index is -0.679. The Kier molecular flexibility index (Phi) is 4.01. The molecule has 0 bridgehead atoms. The Morgan fingerprint density at radius 1 is 1.47 bits per heavy atom. The van der Waals surface area contributed by atoms with E-state index in [1.54, 1.807) is 0 Å². The number of amides is 1. The summed E-state index contributed by atoms with van der Waals surface area (Å²) in [6.45, 7) is 0.287. The number of rotatable bonds is 5. The first kappa shape index (κ1) is 12.9. The molecule has 2 aromatic rings. The van der Waals surface area contributed by atoms with Crippen molar-refractivity contribution in [2.24, 2.45) is 0 Å². The van der Waals surface area contributed by atoms with Gasteiger partial charge in [-0.05, 0) is 6.07 Å². The molecule has 0 aliphatic heterocycles. The Morgan fingerprint density at radius 2 is 2.32 bits per heavy atom. The fraction of sp³-hybridized carbons (Fsp3) is 0.273. The molecule has 1 amide bonds. The van der Waals surface area contributed by atoms with E-state index in [1.807, 2.05) is 0 Å². The zero-order chi connectivity index (χ0) is 13.7. The molecule has 2 aromatic heterocycles.